The monoisotopic (exact) mass is 518 g/mol. The third-order valence-electron chi connectivity index (χ3n) is 5.09. The molecule has 0 spiro atoms. The van der Waals surface area contributed by atoms with Gasteiger partial charge < -0.3 is 15.1 Å². The zero-order valence-corrected chi connectivity index (χ0v) is 21.0. The van der Waals surface area contributed by atoms with E-state index < -0.39 is 0 Å². The SMILES string of the molecule is CN=C(NCCCCCCCN(C)C)N1CCC(CSc2ccccc2)C1.I. The third-order valence-corrected chi connectivity index (χ3v) is 6.33. The molecule has 1 aromatic rings. The molecule has 1 aromatic carbocycles. The number of guanidine groups is 1. The van der Waals surface area contributed by atoms with E-state index in [1.54, 1.807) is 0 Å². The maximum Gasteiger partial charge on any atom is 0.193 e. The first-order valence-corrected chi connectivity index (χ1v) is 11.5. The Morgan fingerprint density at radius 2 is 1.86 bits per heavy atom. The van der Waals surface area contributed by atoms with Gasteiger partial charge in [-0.05, 0) is 58.0 Å². The number of nitrogens with zero attached hydrogens (tertiary/aromatic N) is 3. The molecule has 1 saturated heterocycles. The van der Waals surface area contributed by atoms with E-state index in [4.69, 9.17) is 0 Å². The van der Waals surface area contributed by atoms with E-state index in [1.807, 2.05) is 18.8 Å². The van der Waals surface area contributed by atoms with E-state index in [1.165, 1.54) is 55.7 Å². The average Bonchev–Trinajstić information content (AvgIpc) is 3.14. The molecule has 160 valence electrons. The van der Waals surface area contributed by atoms with Gasteiger partial charge in [0.2, 0.25) is 0 Å². The Labute approximate surface area is 193 Å². The predicted octanol–water partition coefficient (Wildman–Crippen LogP) is 4.81. The van der Waals surface area contributed by atoms with E-state index >= 15 is 0 Å². The highest BCUT2D eigenvalue weighted by molar-refractivity contribution is 14.0. The van der Waals surface area contributed by atoms with Crippen LogP contribution in [0.3, 0.4) is 0 Å². The van der Waals surface area contributed by atoms with Gasteiger partial charge in [0, 0.05) is 37.3 Å². The van der Waals surface area contributed by atoms with Gasteiger partial charge in [0.15, 0.2) is 5.96 Å². The first kappa shape index (κ1) is 25.6. The Hall–Kier alpha value is -0.470. The normalized spacial score (nSPS) is 17.1. The quantitative estimate of drug-likeness (QED) is 0.150. The summed E-state index contributed by atoms with van der Waals surface area (Å²) in [7, 11) is 6.22. The number of nitrogens with one attached hydrogen (secondary N) is 1. The molecule has 0 aliphatic carbocycles. The van der Waals surface area contributed by atoms with E-state index in [0.717, 1.165) is 31.5 Å². The van der Waals surface area contributed by atoms with Gasteiger partial charge >= 0.3 is 0 Å². The molecule has 0 aromatic heterocycles. The Kier molecular flexibility index (Phi) is 14.0. The lowest BCUT2D eigenvalue weighted by Gasteiger charge is -2.21. The molecule has 0 radical (unpaired) electrons. The van der Waals surface area contributed by atoms with Crippen molar-refractivity contribution in [3.05, 3.63) is 30.3 Å². The zero-order valence-electron chi connectivity index (χ0n) is 17.9. The predicted molar refractivity (Wildman–Crippen MR) is 135 cm³/mol. The fourth-order valence-corrected chi connectivity index (χ4v) is 4.56. The number of hydrogen-bond donors (Lipinski definition) is 1. The van der Waals surface area contributed by atoms with E-state index in [9.17, 15) is 0 Å². The molecule has 1 aliphatic rings. The standard InChI is InChI=1S/C22H38N4S.HI/c1-23-22(24-15-10-5-4-6-11-16-25(2)3)26-17-14-20(18-26)19-27-21-12-8-7-9-13-21;/h7-9,12-13,20H,4-6,10-11,14-19H2,1-3H3,(H,23,24);1H. The fraction of sp³-hybridized carbons (Fsp3) is 0.682. The molecular weight excluding hydrogens is 479 g/mol. The Balaban J connectivity index is 0.00000392. The highest BCUT2D eigenvalue weighted by Crippen LogP contribution is 2.25. The summed E-state index contributed by atoms with van der Waals surface area (Å²) in [5.41, 5.74) is 0. The Bertz CT molecular complexity index is 539. The van der Waals surface area contributed by atoms with Crippen molar-refractivity contribution in [2.24, 2.45) is 10.9 Å². The van der Waals surface area contributed by atoms with Gasteiger partial charge in [0.25, 0.3) is 0 Å². The van der Waals surface area contributed by atoms with Crippen molar-refractivity contribution in [3.63, 3.8) is 0 Å². The second-order valence-electron chi connectivity index (χ2n) is 7.77. The number of rotatable bonds is 11. The van der Waals surface area contributed by atoms with Crippen LogP contribution in [0.15, 0.2) is 40.2 Å². The van der Waals surface area contributed by atoms with Gasteiger partial charge in [-0.3, -0.25) is 4.99 Å². The molecule has 1 unspecified atom stereocenters. The molecular formula is C22H39IN4S. The molecule has 6 heteroatoms. The Morgan fingerprint density at radius 1 is 1.14 bits per heavy atom. The van der Waals surface area contributed by atoms with Crippen LogP contribution in [0.2, 0.25) is 0 Å². The maximum absolute atomic E-state index is 4.51. The van der Waals surface area contributed by atoms with Crippen LogP contribution in [0.4, 0.5) is 0 Å². The molecule has 1 atom stereocenters. The second kappa shape index (κ2) is 15.4. The fourth-order valence-electron chi connectivity index (χ4n) is 3.51. The van der Waals surface area contributed by atoms with E-state index in [0.29, 0.717) is 0 Å². The van der Waals surface area contributed by atoms with Crippen LogP contribution in [0, 0.1) is 5.92 Å². The number of aliphatic imine (C=N–C) groups is 1. The summed E-state index contributed by atoms with van der Waals surface area (Å²) in [5, 5.41) is 3.58. The summed E-state index contributed by atoms with van der Waals surface area (Å²) in [6.45, 7) is 4.51. The van der Waals surface area contributed by atoms with Crippen molar-refractivity contribution in [3.8, 4) is 0 Å². The molecule has 1 aliphatic heterocycles. The number of hydrogen-bond acceptors (Lipinski definition) is 3. The molecule has 0 saturated carbocycles. The van der Waals surface area contributed by atoms with Gasteiger partial charge in [-0.1, -0.05) is 37.5 Å². The van der Waals surface area contributed by atoms with Crippen molar-refractivity contribution in [1.82, 2.24) is 15.1 Å². The lowest BCUT2D eigenvalue weighted by molar-refractivity contribution is 0.389. The minimum Gasteiger partial charge on any atom is -0.356 e. The Morgan fingerprint density at radius 3 is 2.57 bits per heavy atom. The molecule has 1 heterocycles. The van der Waals surface area contributed by atoms with Gasteiger partial charge in [-0.15, -0.1) is 35.7 Å². The summed E-state index contributed by atoms with van der Waals surface area (Å²) in [5.74, 6) is 3.05. The van der Waals surface area contributed by atoms with E-state index in [2.05, 4.69) is 64.5 Å². The van der Waals surface area contributed by atoms with Gasteiger partial charge in [0.05, 0.1) is 0 Å². The number of thioether (sulfide) groups is 1. The highest BCUT2D eigenvalue weighted by atomic mass is 127. The maximum atomic E-state index is 4.51. The number of likely N-dealkylation sites (tertiary alicyclic amines) is 1. The molecule has 4 nitrogen and oxygen atoms in total. The lowest BCUT2D eigenvalue weighted by Crippen LogP contribution is -2.40. The molecule has 1 fully saturated rings. The summed E-state index contributed by atoms with van der Waals surface area (Å²) in [6.07, 6.45) is 7.83. The van der Waals surface area contributed by atoms with Crippen LogP contribution < -0.4 is 5.32 Å². The van der Waals surface area contributed by atoms with Crippen molar-refractivity contribution >= 4 is 41.7 Å². The van der Waals surface area contributed by atoms with Crippen LogP contribution in [0.25, 0.3) is 0 Å². The summed E-state index contributed by atoms with van der Waals surface area (Å²) >= 11 is 1.98. The second-order valence-corrected chi connectivity index (χ2v) is 8.86. The molecule has 1 N–H and O–H groups in total. The first-order chi connectivity index (χ1) is 13.2. The van der Waals surface area contributed by atoms with Gasteiger partial charge in [-0.2, -0.15) is 0 Å². The van der Waals surface area contributed by atoms with Crippen molar-refractivity contribution < 1.29 is 0 Å². The average molecular weight is 519 g/mol. The van der Waals surface area contributed by atoms with E-state index in [-0.39, 0.29) is 24.0 Å². The topological polar surface area (TPSA) is 30.9 Å². The summed E-state index contributed by atoms with van der Waals surface area (Å²) < 4.78 is 0. The van der Waals surface area contributed by atoms with Crippen molar-refractivity contribution in [2.45, 2.75) is 43.4 Å². The van der Waals surface area contributed by atoms with Crippen LogP contribution in [-0.4, -0.2) is 68.8 Å². The smallest absolute Gasteiger partial charge is 0.193 e. The van der Waals surface area contributed by atoms with Crippen molar-refractivity contribution in [1.29, 1.82) is 0 Å². The summed E-state index contributed by atoms with van der Waals surface area (Å²) in [6, 6.07) is 10.7. The van der Waals surface area contributed by atoms with Crippen LogP contribution in [-0.2, 0) is 0 Å². The van der Waals surface area contributed by atoms with Crippen LogP contribution in [0.1, 0.15) is 38.5 Å². The highest BCUT2D eigenvalue weighted by Gasteiger charge is 2.24. The lowest BCUT2D eigenvalue weighted by atomic mass is 10.1. The largest absolute Gasteiger partial charge is 0.356 e. The molecule has 0 bridgehead atoms. The minimum absolute atomic E-state index is 0. The molecule has 2 rings (SSSR count). The number of benzene rings is 1. The molecule has 0 amide bonds. The van der Waals surface area contributed by atoms with Gasteiger partial charge in [-0.25, -0.2) is 0 Å². The van der Waals surface area contributed by atoms with Gasteiger partial charge in [0.1, 0.15) is 0 Å². The molecule has 28 heavy (non-hydrogen) atoms. The van der Waals surface area contributed by atoms with Crippen molar-refractivity contribution in [2.75, 3.05) is 53.1 Å². The zero-order chi connectivity index (χ0) is 19.3. The number of unbranched alkanes of at least 4 members (excludes halogenated alkanes) is 4. The summed E-state index contributed by atoms with van der Waals surface area (Å²) in [4.78, 5) is 10.6. The number of halogens is 1. The van der Waals surface area contributed by atoms with Crippen LogP contribution in [0.5, 0.6) is 0 Å². The third kappa shape index (κ3) is 10.3. The van der Waals surface area contributed by atoms with Crippen LogP contribution >= 0.6 is 35.7 Å². The minimum atomic E-state index is 0. The first-order valence-electron chi connectivity index (χ1n) is 10.5.